The van der Waals surface area contributed by atoms with Crippen molar-refractivity contribution < 1.29 is 14.0 Å². The summed E-state index contributed by atoms with van der Waals surface area (Å²) in [6.45, 7) is 0. The molecule has 0 bridgehead atoms. The van der Waals surface area contributed by atoms with Gasteiger partial charge in [0.25, 0.3) is 0 Å². The third-order valence-electron chi connectivity index (χ3n) is 10.6. The first-order chi connectivity index (χ1) is 31.2. The summed E-state index contributed by atoms with van der Waals surface area (Å²) in [5, 5.41) is 2.79. The van der Waals surface area contributed by atoms with Crippen LogP contribution in [0.25, 0.3) is 111 Å². The quantitative estimate of drug-likeness (QED) is 0.176. The van der Waals surface area contributed by atoms with Gasteiger partial charge in [0, 0.05) is 54.7 Å². The summed E-state index contributed by atoms with van der Waals surface area (Å²) < 4.78 is 74.7. The molecule has 0 amide bonds. The van der Waals surface area contributed by atoms with Crippen LogP contribution in [0.1, 0.15) is 9.60 Å². The molecule has 6 heteroatoms. The van der Waals surface area contributed by atoms with Crippen molar-refractivity contribution in [1.82, 2.24) is 24.1 Å². The SMILES string of the molecule is [2H]c1cc([2H])c2c(c1)c1c([2H])c([2H])c3c4c([2H])c([2H])cc([2H])c4n(-c4ccccc4)c3c1n2-c1cccc2c1oc1ccc(-c3nc(-c4ccccc4)nc(-c4ccccc4)n3)cc12. The van der Waals surface area contributed by atoms with Gasteiger partial charge in [-0.05, 0) is 48.5 Å². The van der Waals surface area contributed by atoms with Crippen molar-refractivity contribution >= 4 is 65.6 Å². The molecule has 0 atom stereocenters. The maximum atomic E-state index is 9.60. The number of aromatic nitrogens is 5. The zero-order valence-electron chi connectivity index (χ0n) is 37.0. The fraction of sp³-hybridized carbons (Fsp3) is 0. The number of para-hydroxylation sites is 4. The minimum Gasteiger partial charge on any atom is -0.454 e. The number of fused-ring (bicyclic) bond motifs is 10. The van der Waals surface area contributed by atoms with Crippen LogP contribution in [0.4, 0.5) is 0 Å². The molecule has 0 unspecified atom stereocenters. The highest BCUT2D eigenvalue weighted by atomic mass is 16.3. The normalized spacial score (nSPS) is 13.6. The van der Waals surface area contributed by atoms with Gasteiger partial charge < -0.3 is 13.6 Å². The third-order valence-corrected chi connectivity index (χ3v) is 10.6. The molecule has 4 heterocycles. The highest BCUT2D eigenvalue weighted by molar-refractivity contribution is 6.24. The van der Waals surface area contributed by atoms with Crippen molar-refractivity contribution in [2.75, 3.05) is 0 Å². The van der Waals surface area contributed by atoms with Crippen molar-refractivity contribution in [3.8, 4) is 45.5 Å². The Balaban J connectivity index is 1.19. The second-order valence-corrected chi connectivity index (χ2v) is 13.9. The number of rotatable bonds is 5. The Bertz CT molecular complexity index is 3870. The minimum atomic E-state index is -0.180. The summed E-state index contributed by atoms with van der Waals surface area (Å²) in [4.78, 5) is 14.8. The van der Waals surface area contributed by atoms with Gasteiger partial charge in [-0.15, -0.1) is 0 Å². The average molecular weight is 737 g/mol. The zero-order valence-corrected chi connectivity index (χ0v) is 30.0. The molecular weight excluding hydrogens is 699 g/mol. The summed E-state index contributed by atoms with van der Waals surface area (Å²) in [6.07, 6.45) is 0. The Morgan fingerprint density at radius 1 is 0.421 bits per heavy atom. The van der Waals surface area contributed by atoms with E-state index in [9.17, 15) is 5.48 Å². The van der Waals surface area contributed by atoms with Gasteiger partial charge in [0.2, 0.25) is 0 Å². The predicted octanol–water partition coefficient (Wildman–Crippen LogP) is 13.0. The van der Waals surface area contributed by atoms with Gasteiger partial charge in [-0.1, -0.05) is 139 Å². The van der Waals surface area contributed by atoms with Gasteiger partial charge in [-0.3, -0.25) is 0 Å². The number of furan rings is 1. The smallest absolute Gasteiger partial charge is 0.164 e. The van der Waals surface area contributed by atoms with Crippen LogP contribution in [-0.2, 0) is 0 Å². The number of nitrogens with zero attached hydrogens (tertiary/aromatic N) is 5. The number of hydrogen-bond acceptors (Lipinski definition) is 4. The number of benzene rings is 8. The Morgan fingerprint density at radius 2 is 1.04 bits per heavy atom. The molecule has 0 N–H and O–H groups in total. The Kier molecular flexibility index (Phi) is 5.48. The lowest BCUT2D eigenvalue weighted by molar-refractivity contribution is 0.666. The first-order valence-corrected chi connectivity index (χ1v) is 18.5. The summed E-state index contributed by atoms with van der Waals surface area (Å²) in [7, 11) is 0. The first-order valence-electron chi connectivity index (χ1n) is 22.0. The molecule has 12 aromatic rings. The van der Waals surface area contributed by atoms with Crippen LogP contribution in [0, 0.1) is 0 Å². The monoisotopic (exact) mass is 736 g/mol. The molecule has 0 aliphatic heterocycles. The lowest BCUT2D eigenvalue weighted by Crippen LogP contribution is -2.00. The number of hydrogen-bond donors (Lipinski definition) is 0. The lowest BCUT2D eigenvalue weighted by atomic mass is 10.1. The molecule has 0 saturated carbocycles. The molecule has 0 aliphatic rings. The molecule has 8 aromatic carbocycles. The predicted molar refractivity (Wildman–Crippen MR) is 232 cm³/mol. The zero-order chi connectivity index (χ0) is 43.5. The van der Waals surface area contributed by atoms with Crippen LogP contribution in [-0.4, -0.2) is 24.1 Å². The fourth-order valence-corrected chi connectivity index (χ4v) is 8.09. The molecule has 0 radical (unpaired) electrons. The maximum Gasteiger partial charge on any atom is 0.164 e. The van der Waals surface area contributed by atoms with Crippen LogP contribution in [0.5, 0.6) is 0 Å². The van der Waals surface area contributed by atoms with Gasteiger partial charge in [0.05, 0.1) is 37.3 Å². The summed E-state index contributed by atoms with van der Waals surface area (Å²) in [5.41, 5.74) is 6.31. The van der Waals surface area contributed by atoms with Gasteiger partial charge in [-0.2, -0.15) is 0 Å². The van der Waals surface area contributed by atoms with E-state index >= 15 is 0 Å². The molecule has 4 aromatic heterocycles. The fourth-order valence-electron chi connectivity index (χ4n) is 8.09. The van der Waals surface area contributed by atoms with Crippen LogP contribution in [0.3, 0.4) is 0 Å². The Labute approximate surface area is 336 Å². The van der Waals surface area contributed by atoms with Gasteiger partial charge >= 0.3 is 0 Å². The van der Waals surface area contributed by atoms with E-state index in [0.717, 1.165) is 27.5 Å². The van der Waals surface area contributed by atoms with Gasteiger partial charge in [0.1, 0.15) is 5.58 Å². The largest absolute Gasteiger partial charge is 0.454 e. The molecule has 12 rings (SSSR count). The van der Waals surface area contributed by atoms with E-state index in [0.29, 0.717) is 72.9 Å². The van der Waals surface area contributed by atoms with E-state index in [1.54, 1.807) is 6.07 Å². The lowest BCUT2D eigenvalue weighted by Gasteiger charge is -2.12. The van der Waals surface area contributed by atoms with Crippen molar-refractivity contribution in [2.45, 2.75) is 0 Å². The van der Waals surface area contributed by atoms with Crippen molar-refractivity contribution in [3.05, 3.63) is 188 Å². The third kappa shape index (κ3) is 4.81. The topological polar surface area (TPSA) is 61.7 Å². The van der Waals surface area contributed by atoms with Gasteiger partial charge in [0.15, 0.2) is 23.1 Å². The standard InChI is InChI=1S/C51H31N5O/c1-4-15-32(16-5-1)49-52-50(33-17-6-2-7-18-33)54-51(53-49)34-27-30-45-41(31-34)40-23-14-26-44(48(40)57-45)56-43-25-13-11-22-37(43)39-29-28-38-36-21-10-12-24-42(36)55(46(38)47(39)56)35-19-8-3-9-20-35/h1-31H/i10D,11D,21D,24D,25D,28D,29D. The summed E-state index contributed by atoms with van der Waals surface area (Å²) in [5.74, 6) is 1.56. The van der Waals surface area contributed by atoms with Crippen molar-refractivity contribution in [3.63, 3.8) is 0 Å². The van der Waals surface area contributed by atoms with Crippen LogP contribution < -0.4 is 0 Å². The van der Waals surface area contributed by atoms with Crippen LogP contribution in [0.15, 0.2) is 192 Å². The highest BCUT2D eigenvalue weighted by Gasteiger charge is 2.23. The van der Waals surface area contributed by atoms with Crippen LogP contribution >= 0.6 is 0 Å². The van der Waals surface area contributed by atoms with Gasteiger partial charge in [-0.25, -0.2) is 15.0 Å². The molecule has 6 nitrogen and oxygen atoms in total. The molecule has 0 saturated heterocycles. The minimum absolute atomic E-state index is 0.00688. The maximum absolute atomic E-state index is 9.60. The Morgan fingerprint density at radius 3 is 1.75 bits per heavy atom. The molecule has 0 aliphatic carbocycles. The summed E-state index contributed by atoms with van der Waals surface area (Å²) in [6, 6.07) is 44.3. The molecular formula is C51H31N5O. The molecule has 0 spiro atoms. The molecule has 57 heavy (non-hydrogen) atoms. The van der Waals surface area contributed by atoms with E-state index in [1.807, 2.05) is 137 Å². The first kappa shape index (κ1) is 25.3. The Hall–Kier alpha value is -7.83. The summed E-state index contributed by atoms with van der Waals surface area (Å²) >= 11 is 0. The molecule has 266 valence electrons. The average Bonchev–Trinajstić information content (AvgIpc) is 3.99. The van der Waals surface area contributed by atoms with E-state index in [-0.39, 0.29) is 53.1 Å². The van der Waals surface area contributed by atoms with E-state index < -0.39 is 0 Å². The van der Waals surface area contributed by atoms with E-state index in [2.05, 4.69) is 0 Å². The van der Waals surface area contributed by atoms with Crippen molar-refractivity contribution in [1.29, 1.82) is 0 Å². The second kappa shape index (κ2) is 12.3. The van der Waals surface area contributed by atoms with E-state index in [1.165, 1.54) is 12.1 Å². The van der Waals surface area contributed by atoms with Crippen LogP contribution in [0.2, 0.25) is 0 Å². The highest BCUT2D eigenvalue weighted by Crippen LogP contribution is 2.44. The molecule has 0 fully saturated rings. The van der Waals surface area contributed by atoms with E-state index in [4.69, 9.17) is 23.5 Å². The van der Waals surface area contributed by atoms with Crippen molar-refractivity contribution in [2.24, 2.45) is 0 Å². The second-order valence-electron chi connectivity index (χ2n) is 13.9.